The molecule has 6 heteroatoms. The number of ether oxygens (including phenoxy) is 1. The van der Waals surface area contributed by atoms with Crippen LogP contribution >= 0.6 is 24.0 Å². The van der Waals surface area contributed by atoms with E-state index in [0.29, 0.717) is 6.61 Å². The fourth-order valence-corrected chi connectivity index (χ4v) is 3.97. The lowest BCUT2D eigenvalue weighted by atomic mass is 9.76. The zero-order valence-corrected chi connectivity index (χ0v) is 20.1. The van der Waals surface area contributed by atoms with Crippen LogP contribution in [0.3, 0.4) is 0 Å². The predicted octanol–water partition coefficient (Wildman–Crippen LogP) is 4.21. The molecule has 0 unspecified atom stereocenters. The van der Waals surface area contributed by atoms with Gasteiger partial charge in [-0.05, 0) is 38.2 Å². The first-order valence-electron chi connectivity index (χ1n) is 10.3. The number of halogens is 1. The second kappa shape index (κ2) is 12.3. The van der Waals surface area contributed by atoms with E-state index < -0.39 is 0 Å². The molecule has 0 radical (unpaired) electrons. The molecule has 1 saturated heterocycles. The van der Waals surface area contributed by atoms with Gasteiger partial charge >= 0.3 is 5.97 Å². The van der Waals surface area contributed by atoms with Crippen LogP contribution in [0.2, 0.25) is 0 Å². The maximum Gasteiger partial charge on any atom is 0.309 e. The largest absolute Gasteiger partial charge is 0.466 e. The van der Waals surface area contributed by atoms with Crippen LogP contribution in [0.25, 0.3) is 0 Å². The van der Waals surface area contributed by atoms with Gasteiger partial charge in [0.15, 0.2) is 5.96 Å². The molecule has 0 aromatic heterocycles. The van der Waals surface area contributed by atoms with Crippen molar-refractivity contribution in [3.63, 3.8) is 0 Å². The molecule has 0 spiro atoms. The maximum absolute atomic E-state index is 11.9. The summed E-state index contributed by atoms with van der Waals surface area (Å²) in [5.41, 5.74) is 1.47. The molecule has 0 aliphatic carbocycles. The zero-order valence-electron chi connectivity index (χ0n) is 17.7. The molecule has 0 saturated carbocycles. The third-order valence-electron chi connectivity index (χ3n) is 5.95. The van der Waals surface area contributed by atoms with Gasteiger partial charge < -0.3 is 15.0 Å². The number of benzene rings is 1. The van der Waals surface area contributed by atoms with E-state index in [1.807, 2.05) is 14.0 Å². The van der Waals surface area contributed by atoms with E-state index in [9.17, 15) is 4.79 Å². The van der Waals surface area contributed by atoms with Gasteiger partial charge in [0, 0.05) is 32.1 Å². The molecule has 1 heterocycles. The number of carbonyl (C=O) groups is 1. The van der Waals surface area contributed by atoms with Gasteiger partial charge in [0.05, 0.1) is 12.5 Å². The first kappa shape index (κ1) is 24.7. The minimum absolute atomic E-state index is 0. The topological polar surface area (TPSA) is 53.9 Å². The monoisotopic (exact) mass is 501 g/mol. The van der Waals surface area contributed by atoms with Gasteiger partial charge in [-0.3, -0.25) is 9.79 Å². The summed E-state index contributed by atoms with van der Waals surface area (Å²) in [6, 6.07) is 10.7. The number of carbonyl (C=O) groups excluding carboxylic acids is 1. The van der Waals surface area contributed by atoms with Crippen molar-refractivity contribution in [3.8, 4) is 0 Å². The Bertz CT molecular complexity index is 609. The van der Waals surface area contributed by atoms with Gasteiger partial charge in [0.1, 0.15) is 0 Å². The maximum atomic E-state index is 11.9. The average Bonchev–Trinajstić information content (AvgIpc) is 2.73. The van der Waals surface area contributed by atoms with E-state index in [1.165, 1.54) is 5.56 Å². The standard InChI is InChI=1S/C22H35N3O2.HI/c1-5-22(6-2,19-11-9-8-10-12-19)17-24-21(23-4)25-15-13-18(14-16-25)20(26)27-7-3;/h8-12,18H,5-7,13-17H2,1-4H3,(H,23,24);1H. The minimum atomic E-state index is -0.0554. The average molecular weight is 501 g/mol. The molecule has 158 valence electrons. The number of aliphatic imine (C=N–C) groups is 1. The van der Waals surface area contributed by atoms with Crippen LogP contribution in [-0.4, -0.2) is 50.1 Å². The molecule has 1 aromatic carbocycles. The van der Waals surface area contributed by atoms with E-state index >= 15 is 0 Å². The number of likely N-dealkylation sites (tertiary alicyclic amines) is 1. The van der Waals surface area contributed by atoms with Crippen molar-refractivity contribution < 1.29 is 9.53 Å². The van der Waals surface area contributed by atoms with Crippen molar-refractivity contribution in [2.75, 3.05) is 33.3 Å². The van der Waals surface area contributed by atoms with E-state index in [4.69, 9.17) is 4.74 Å². The summed E-state index contributed by atoms with van der Waals surface area (Å²) in [6.45, 7) is 9.35. The number of esters is 1. The van der Waals surface area contributed by atoms with Crippen LogP contribution in [-0.2, 0) is 14.9 Å². The highest BCUT2D eigenvalue weighted by Crippen LogP contribution is 2.31. The highest BCUT2D eigenvalue weighted by Gasteiger charge is 2.31. The van der Waals surface area contributed by atoms with E-state index in [0.717, 1.165) is 51.3 Å². The highest BCUT2D eigenvalue weighted by atomic mass is 127. The second-order valence-corrected chi connectivity index (χ2v) is 7.27. The first-order valence-corrected chi connectivity index (χ1v) is 10.3. The molecule has 1 N–H and O–H groups in total. The molecule has 0 bridgehead atoms. The molecule has 2 rings (SSSR count). The lowest BCUT2D eigenvalue weighted by molar-refractivity contribution is -0.149. The molecular weight excluding hydrogens is 465 g/mol. The molecule has 1 aliphatic heterocycles. The normalized spacial score (nSPS) is 15.7. The molecular formula is C22H36IN3O2. The Kier molecular flexibility index (Phi) is 10.9. The van der Waals surface area contributed by atoms with Gasteiger partial charge in [-0.15, -0.1) is 24.0 Å². The molecule has 0 amide bonds. The minimum Gasteiger partial charge on any atom is -0.466 e. The van der Waals surface area contributed by atoms with Gasteiger partial charge in [0.25, 0.3) is 0 Å². The molecule has 0 atom stereocenters. The quantitative estimate of drug-likeness (QED) is 0.263. The van der Waals surface area contributed by atoms with Crippen molar-refractivity contribution in [2.45, 2.75) is 51.9 Å². The van der Waals surface area contributed by atoms with Crippen molar-refractivity contribution in [3.05, 3.63) is 35.9 Å². The number of piperidine rings is 1. The van der Waals surface area contributed by atoms with Crippen LogP contribution in [0.1, 0.15) is 52.0 Å². The summed E-state index contributed by atoms with van der Waals surface area (Å²) >= 11 is 0. The van der Waals surface area contributed by atoms with E-state index in [1.54, 1.807) is 0 Å². The Morgan fingerprint density at radius 3 is 2.29 bits per heavy atom. The number of nitrogens with one attached hydrogen (secondary N) is 1. The highest BCUT2D eigenvalue weighted by molar-refractivity contribution is 14.0. The van der Waals surface area contributed by atoms with Crippen LogP contribution in [0.5, 0.6) is 0 Å². The van der Waals surface area contributed by atoms with Gasteiger partial charge in [-0.1, -0.05) is 44.2 Å². The number of nitrogens with zero attached hydrogens (tertiary/aromatic N) is 2. The Morgan fingerprint density at radius 1 is 1.18 bits per heavy atom. The Hall–Kier alpha value is -1.31. The number of rotatable bonds is 7. The Labute approximate surface area is 187 Å². The summed E-state index contributed by atoms with van der Waals surface area (Å²) in [4.78, 5) is 18.7. The number of hydrogen-bond donors (Lipinski definition) is 1. The fourth-order valence-electron chi connectivity index (χ4n) is 3.97. The van der Waals surface area contributed by atoms with Crippen LogP contribution < -0.4 is 5.32 Å². The van der Waals surface area contributed by atoms with Crippen molar-refractivity contribution in [1.29, 1.82) is 0 Å². The first-order chi connectivity index (χ1) is 13.1. The summed E-state index contributed by atoms with van der Waals surface area (Å²) in [5.74, 6) is 0.897. The third kappa shape index (κ3) is 6.09. The number of guanidine groups is 1. The SMILES string of the molecule is CCOC(=O)C1CCN(C(=NC)NCC(CC)(CC)c2ccccc2)CC1.I. The predicted molar refractivity (Wildman–Crippen MR) is 126 cm³/mol. The fraction of sp³-hybridized carbons (Fsp3) is 0.636. The van der Waals surface area contributed by atoms with Gasteiger partial charge in [0.2, 0.25) is 0 Å². The Morgan fingerprint density at radius 2 is 1.79 bits per heavy atom. The second-order valence-electron chi connectivity index (χ2n) is 7.27. The van der Waals surface area contributed by atoms with Crippen LogP contribution in [0, 0.1) is 5.92 Å². The van der Waals surface area contributed by atoms with Gasteiger partial charge in [-0.25, -0.2) is 0 Å². The van der Waals surface area contributed by atoms with Crippen molar-refractivity contribution in [1.82, 2.24) is 10.2 Å². The summed E-state index contributed by atoms with van der Waals surface area (Å²) < 4.78 is 5.17. The third-order valence-corrected chi connectivity index (χ3v) is 5.95. The van der Waals surface area contributed by atoms with E-state index in [2.05, 4.69) is 59.4 Å². The van der Waals surface area contributed by atoms with Crippen LogP contribution in [0.15, 0.2) is 35.3 Å². The summed E-state index contributed by atoms with van der Waals surface area (Å²) in [6.07, 6.45) is 3.79. The number of hydrogen-bond acceptors (Lipinski definition) is 3. The lowest BCUT2D eigenvalue weighted by Gasteiger charge is -2.37. The van der Waals surface area contributed by atoms with E-state index in [-0.39, 0.29) is 41.3 Å². The van der Waals surface area contributed by atoms with Crippen LogP contribution in [0.4, 0.5) is 0 Å². The molecule has 1 aliphatic rings. The molecule has 1 aromatic rings. The lowest BCUT2D eigenvalue weighted by Crippen LogP contribution is -2.50. The Balaban J connectivity index is 0.00000392. The molecule has 1 fully saturated rings. The zero-order chi connectivity index (χ0) is 19.7. The van der Waals surface area contributed by atoms with Crippen molar-refractivity contribution >= 4 is 35.9 Å². The van der Waals surface area contributed by atoms with Gasteiger partial charge in [-0.2, -0.15) is 0 Å². The summed E-state index contributed by atoms with van der Waals surface area (Å²) in [7, 11) is 1.84. The smallest absolute Gasteiger partial charge is 0.309 e. The molecule has 5 nitrogen and oxygen atoms in total. The summed E-state index contributed by atoms with van der Waals surface area (Å²) in [5, 5.41) is 3.61. The van der Waals surface area contributed by atoms with Crippen molar-refractivity contribution in [2.24, 2.45) is 10.9 Å². The molecule has 28 heavy (non-hydrogen) atoms.